The first-order valence-corrected chi connectivity index (χ1v) is 8.31. The number of amides is 1. The monoisotopic (exact) mass is 350 g/mol. The van der Waals surface area contributed by atoms with Gasteiger partial charge in [0.15, 0.2) is 0 Å². The maximum absolute atomic E-state index is 11.7. The van der Waals surface area contributed by atoms with Crippen molar-refractivity contribution in [2.24, 2.45) is 5.73 Å². The molecular weight excluding hydrogens is 332 g/mol. The smallest absolute Gasteiger partial charge is 0.245 e. The van der Waals surface area contributed by atoms with Gasteiger partial charge in [0.05, 0.1) is 5.69 Å². The Morgan fingerprint density at radius 1 is 1.29 bits per heavy atom. The van der Waals surface area contributed by atoms with Gasteiger partial charge in [-0.15, -0.1) is 0 Å². The Kier molecular flexibility index (Phi) is 3.20. The van der Waals surface area contributed by atoms with Crippen LogP contribution in [0.25, 0.3) is 0 Å². The molecule has 1 aromatic carbocycles. The van der Waals surface area contributed by atoms with E-state index in [1.807, 2.05) is 6.07 Å². The maximum Gasteiger partial charge on any atom is 0.245 e. The third kappa shape index (κ3) is 2.17. The van der Waals surface area contributed by atoms with Gasteiger partial charge in [0, 0.05) is 41.4 Å². The average molecular weight is 351 g/mol. The first-order chi connectivity index (χ1) is 10.1. The lowest BCUT2D eigenvalue weighted by molar-refractivity contribution is -0.116. The predicted octanol–water partition coefficient (Wildman–Crippen LogP) is 1.69. The molecule has 0 saturated carbocycles. The van der Waals surface area contributed by atoms with Gasteiger partial charge in [-0.1, -0.05) is 0 Å². The molecule has 3 aliphatic rings. The molecule has 2 saturated heterocycles. The number of carbonyl (C=O) groups excluding carboxylic acids is 1. The number of hydrogen-bond donors (Lipinski definition) is 2. The lowest BCUT2D eigenvalue weighted by Gasteiger charge is -2.39. The van der Waals surface area contributed by atoms with Gasteiger partial charge in [0.25, 0.3) is 0 Å². The number of hydrogen-bond acceptors (Lipinski definition) is 4. The van der Waals surface area contributed by atoms with Gasteiger partial charge in [0.1, 0.15) is 6.04 Å². The zero-order chi connectivity index (χ0) is 14.6. The summed E-state index contributed by atoms with van der Waals surface area (Å²) >= 11 is 3.66. The van der Waals surface area contributed by atoms with Crippen LogP contribution in [0.2, 0.25) is 0 Å². The van der Waals surface area contributed by atoms with Crippen molar-refractivity contribution >= 4 is 33.2 Å². The van der Waals surface area contributed by atoms with Crippen LogP contribution in [0.15, 0.2) is 16.6 Å². The first kappa shape index (κ1) is 13.5. The van der Waals surface area contributed by atoms with Crippen molar-refractivity contribution in [2.45, 2.75) is 24.9 Å². The molecule has 2 atom stereocenters. The van der Waals surface area contributed by atoms with E-state index in [0.29, 0.717) is 6.04 Å². The standard InChI is InChI=1S/C15H19BrN4O/c16-11-6-10-12(18-15(21)14(10)17)7-13(11)20-5-4-19-3-1-2-9(19)8-20/h6-7,9,14H,1-5,8,17H2,(H,18,21). The third-order valence-electron chi connectivity index (χ3n) is 4.92. The van der Waals surface area contributed by atoms with E-state index in [9.17, 15) is 4.79 Å². The van der Waals surface area contributed by atoms with Crippen molar-refractivity contribution in [3.05, 3.63) is 22.2 Å². The largest absolute Gasteiger partial charge is 0.368 e. The van der Waals surface area contributed by atoms with Crippen LogP contribution < -0.4 is 16.0 Å². The molecule has 2 unspecified atom stereocenters. The van der Waals surface area contributed by atoms with E-state index in [1.54, 1.807) is 0 Å². The lowest BCUT2D eigenvalue weighted by Crippen LogP contribution is -2.50. The summed E-state index contributed by atoms with van der Waals surface area (Å²) in [5.41, 5.74) is 8.81. The Hall–Kier alpha value is -1.11. The van der Waals surface area contributed by atoms with Crippen molar-refractivity contribution < 1.29 is 4.79 Å². The summed E-state index contributed by atoms with van der Waals surface area (Å²) in [4.78, 5) is 16.7. The molecular formula is C15H19BrN4O. The second-order valence-electron chi connectivity index (χ2n) is 6.14. The number of nitrogens with zero attached hydrogens (tertiary/aromatic N) is 2. The van der Waals surface area contributed by atoms with Crippen LogP contribution in [-0.2, 0) is 4.79 Å². The molecule has 5 nitrogen and oxygen atoms in total. The number of nitrogens with two attached hydrogens (primary N) is 1. The Morgan fingerprint density at radius 2 is 2.14 bits per heavy atom. The van der Waals surface area contributed by atoms with E-state index in [4.69, 9.17) is 5.73 Å². The third-order valence-corrected chi connectivity index (χ3v) is 5.56. The molecule has 0 aliphatic carbocycles. The highest BCUT2D eigenvalue weighted by atomic mass is 79.9. The van der Waals surface area contributed by atoms with Gasteiger partial charge in [0.2, 0.25) is 5.91 Å². The molecule has 0 aromatic heterocycles. The van der Waals surface area contributed by atoms with Gasteiger partial charge in [-0.3, -0.25) is 9.69 Å². The zero-order valence-corrected chi connectivity index (χ0v) is 13.4. The van der Waals surface area contributed by atoms with Crippen molar-refractivity contribution in [1.82, 2.24) is 4.90 Å². The molecule has 3 N–H and O–H groups in total. The van der Waals surface area contributed by atoms with E-state index in [0.717, 1.165) is 41.0 Å². The topological polar surface area (TPSA) is 61.6 Å². The fourth-order valence-electron chi connectivity index (χ4n) is 3.75. The fourth-order valence-corrected chi connectivity index (χ4v) is 4.36. The highest BCUT2D eigenvalue weighted by Crippen LogP contribution is 2.39. The minimum absolute atomic E-state index is 0.116. The molecule has 1 amide bonds. The Balaban J connectivity index is 1.64. The Morgan fingerprint density at radius 3 is 3.00 bits per heavy atom. The molecule has 2 fully saturated rings. The molecule has 3 heterocycles. The molecule has 4 rings (SSSR count). The van der Waals surface area contributed by atoms with Crippen LogP contribution in [0.4, 0.5) is 11.4 Å². The van der Waals surface area contributed by atoms with Crippen LogP contribution in [0.5, 0.6) is 0 Å². The van der Waals surface area contributed by atoms with Crippen molar-refractivity contribution in [3.63, 3.8) is 0 Å². The normalized spacial score (nSPS) is 28.5. The number of rotatable bonds is 1. The zero-order valence-electron chi connectivity index (χ0n) is 11.8. The number of piperazine rings is 1. The van der Waals surface area contributed by atoms with Gasteiger partial charge in [-0.25, -0.2) is 0 Å². The minimum Gasteiger partial charge on any atom is -0.368 e. The number of benzene rings is 1. The number of nitrogens with one attached hydrogen (secondary N) is 1. The van der Waals surface area contributed by atoms with Gasteiger partial charge >= 0.3 is 0 Å². The van der Waals surface area contributed by atoms with E-state index < -0.39 is 6.04 Å². The van der Waals surface area contributed by atoms with E-state index in [2.05, 4.69) is 37.1 Å². The molecule has 112 valence electrons. The van der Waals surface area contributed by atoms with Gasteiger partial charge in [-0.2, -0.15) is 0 Å². The summed E-state index contributed by atoms with van der Waals surface area (Å²) in [6.45, 7) is 4.47. The fraction of sp³-hybridized carbons (Fsp3) is 0.533. The molecule has 1 aromatic rings. The Labute approximate surface area is 132 Å². The van der Waals surface area contributed by atoms with Crippen LogP contribution >= 0.6 is 15.9 Å². The quantitative estimate of drug-likeness (QED) is 0.808. The van der Waals surface area contributed by atoms with E-state index in [-0.39, 0.29) is 5.91 Å². The maximum atomic E-state index is 11.7. The molecule has 6 heteroatoms. The summed E-state index contributed by atoms with van der Waals surface area (Å²) in [5.74, 6) is -0.116. The number of anilines is 2. The van der Waals surface area contributed by atoms with Crippen LogP contribution in [0.1, 0.15) is 24.4 Å². The number of halogens is 1. The highest BCUT2D eigenvalue weighted by molar-refractivity contribution is 9.10. The van der Waals surface area contributed by atoms with Crippen molar-refractivity contribution in [2.75, 3.05) is 36.4 Å². The number of carbonyl (C=O) groups is 1. The van der Waals surface area contributed by atoms with Gasteiger partial charge in [-0.05, 0) is 47.4 Å². The van der Waals surface area contributed by atoms with E-state index in [1.165, 1.54) is 19.4 Å². The van der Waals surface area contributed by atoms with Crippen molar-refractivity contribution in [3.8, 4) is 0 Å². The average Bonchev–Trinajstić information content (AvgIpc) is 3.04. The summed E-state index contributed by atoms with van der Waals surface area (Å²) in [6, 6.07) is 4.19. The van der Waals surface area contributed by atoms with Gasteiger partial charge < -0.3 is 16.0 Å². The van der Waals surface area contributed by atoms with Crippen LogP contribution in [-0.4, -0.2) is 43.0 Å². The summed E-state index contributed by atoms with van der Waals surface area (Å²) in [5, 5.41) is 2.88. The summed E-state index contributed by atoms with van der Waals surface area (Å²) in [7, 11) is 0. The lowest BCUT2D eigenvalue weighted by atomic mass is 10.1. The predicted molar refractivity (Wildman–Crippen MR) is 86.5 cm³/mol. The minimum atomic E-state index is -0.544. The highest BCUT2D eigenvalue weighted by Gasteiger charge is 2.33. The Bertz CT molecular complexity index is 606. The first-order valence-electron chi connectivity index (χ1n) is 7.52. The summed E-state index contributed by atoms with van der Waals surface area (Å²) in [6.07, 6.45) is 2.61. The SMILES string of the molecule is NC1C(=O)Nc2cc(N3CCN4CCCC4C3)c(Br)cc21. The number of fused-ring (bicyclic) bond motifs is 2. The second kappa shape index (κ2) is 4.97. The van der Waals surface area contributed by atoms with E-state index >= 15 is 0 Å². The molecule has 0 bridgehead atoms. The summed E-state index contributed by atoms with van der Waals surface area (Å²) < 4.78 is 1.03. The second-order valence-corrected chi connectivity index (χ2v) is 6.99. The molecule has 3 aliphatic heterocycles. The molecule has 21 heavy (non-hydrogen) atoms. The van der Waals surface area contributed by atoms with Crippen LogP contribution in [0.3, 0.4) is 0 Å². The molecule has 0 spiro atoms. The molecule has 0 radical (unpaired) electrons. The van der Waals surface area contributed by atoms with Crippen LogP contribution in [0, 0.1) is 0 Å². The van der Waals surface area contributed by atoms with Crippen molar-refractivity contribution in [1.29, 1.82) is 0 Å².